The Balaban J connectivity index is 2.67. The van der Waals surface area contributed by atoms with Gasteiger partial charge in [0.05, 0.1) is 0 Å². The second kappa shape index (κ2) is 6.34. The zero-order valence-corrected chi connectivity index (χ0v) is 10.2. The van der Waals surface area contributed by atoms with Gasteiger partial charge in [0.2, 0.25) is 0 Å². The van der Waals surface area contributed by atoms with Crippen molar-refractivity contribution in [2.45, 2.75) is 23.6 Å². The van der Waals surface area contributed by atoms with E-state index in [4.69, 9.17) is 5.11 Å². The average Bonchev–Trinajstić information content (AvgIpc) is 2.28. The van der Waals surface area contributed by atoms with Crippen LogP contribution in [0.2, 0.25) is 0 Å². The summed E-state index contributed by atoms with van der Waals surface area (Å²) in [5.74, 6) is -4.22. The zero-order valence-electron chi connectivity index (χ0n) is 9.39. The van der Waals surface area contributed by atoms with Crippen molar-refractivity contribution in [1.82, 2.24) is 5.32 Å². The van der Waals surface area contributed by atoms with Crippen LogP contribution < -0.4 is 5.32 Å². The number of benzene rings is 1. The van der Waals surface area contributed by atoms with Crippen LogP contribution in [0.25, 0.3) is 0 Å². The number of thioether (sulfide) groups is 1. The SMILES string of the molecule is CC(NC(=O)c1ccc(SC(F)F)cc1)C(=O)O. The Bertz CT molecular complexity index is 436. The highest BCUT2D eigenvalue weighted by atomic mass is 32.2. The number of rotatable bonds is 5. The molecule has 0 heterocycles. The van der Waals surface area contributed by atoms with E-state index in [2.05, 4.69) is 5.32 Å². The van der Waals surface area contributed by atoms with Gasteiger partial charge >= 0.3 is 5.97 Å². The minimum atomic E-state index is -2.52. The molecule has 0 saturated heterocycles. The van der Waals surface area contributed by atoms with Crippen molar-refractivity contribution in [1.29, 1.82) is 0 Å². The van der Waals surface area contributed by atoms with Crippen molar-refractivity contribution in [3.8, 4) is 0 Å². The predicted octanol–water partition coefficient (Wildman–Crippen LogP) is 2.20. The molecule has 0 bridgehead atoms. The number of carbonyl (C=O) groups is 2. The van der Waals surface area contributed by atoms with Crippen LogP contribution in [-0.2, 0) is 4.79 Å². The molecule has 7 heteroatoms. The van der Waals surface area contributed by atoms with Crippen LogP contribution in [0.1, 0.15) is 17.3 Å². The highest BCUT2D eigenvalue weighted by Gasteiger charge is 2.15. The van der Waals surface area contributed by atoms with Gasteiger partial charge in [-0.25, -0.2) is 0 Å². The first-order chi connectivity index (χ1) is 8.40. The molecule has 18 heavy (non-hydrogen) atoms. The molecular weight excluding hydrogens is 264 g/mol. The molecule has 1 aromatic rings. The fourth-order valence-corrected chi connectivity index (χ4v) is 1.63. The third-order valence-corrected chi connectivity index (χ3v) is 2.78. The van der Waals surface area contributed by atoms with Gasteiger partial charge < -0.3 is 10.4 Å². The number of halogens is 2. The summed E-state index contributed by atoms with van der Waals surface area (Å²) in [7, 11) is 0. The number of carboxylic acids is 1. The Morgan fingerprint density at radius 3 is 2.28 bits per heavy atom. The number of amides is 1. The molecule has 1 atom stereocenters. The highest BCUT2D eigenvalue weighted by molar-refractivity contribution is 7.99. The summed E-state index contributed by atoms with van der Waals surface area (Å²) in [6.07, 6.45) is 0. The summed E-state index contributed by atoms with van der Waals surface area (Å²) in [6, 6.07) is 4.50. The van der Waals surface area contributed by atoms with E-state index in [0.29, 0.717) is 16.7 Å². The highest BCUT2D eigenvalue weighted by Crippen LogP contribution is 2.25. The largest absolute Gasteiger partial charge is 0.480 e. The molecule has 0 aromatic heterocycles. The Hall–Kier alpha value is -1.63. The minimum Gasteiger partial charge on any atom is -0.480 e. The predicted molar refractivity (Wildman–Crippen MR) is 62.9 cm³/mol. The molecule has 0 aliphatic heterocycles. The van der Waals surface area contributed by atoms with E-state index in [1.807, 2.05) is 0 Å². The van der Waals surface area contributed by atoms with Crippen molar-refractivity contribution >= 4 is 23.6 Å². The number of hydrogen-bond donors (Lipinski definition) is 2. The van der Waals surface area contributed by atoms with Crippen LogP contribution in [0.3, 0.4) is 0 Å². The Morgan fingerprint density at radius 1 is 1.28 bits per heavy atom. The van der Waals surface area contributed by atoms with Gasteiger partial charge in [0.1, 0.15) is 6.04 Å². The van der Waals surface area contributed by atoms with Crippen LogP contribution >= 0.6 is 11.8 Å². The maximum Gasteiger partial charge on any atom is 0.325 e. The molecule has 0 aliphatic rings. The number of nitrogens with one attached hydrogen (secondary N) is 1. The van der Waals surface area contributed by atoms with E-state index in [-0.39, 0.29) is 5.56 Å². The molecule has 0 saturated carbocycles. The lowest BCUT2D eigenvalue weighted by atomic mass is 10.2. The fourth-order valence-electron chi connectivity index (χ4n) is 1.13. The topological polar surface area (TPSA) is 66.4 Å². The van der Waals surface area contributed by atoms with Crippen LogP contribution in [-0.4, -0.2) is 28.8 Å². The molecule has 1 rings (SSSR count). The summed E-state index contributed by atoms with van der Waals surface area (Å²) < 4.78 is 24.1. The summed E-state index contributed by atoms with van der Waals surface area (Å²) >= 11 is 0.378. The molecule has 0 aliphatic carbocycles. The minimum absolute atomic E-state index is 0.224. The molecule has 0 fully saturated rings. The number of alkyl halides is 2. The van der Waals surface area contributed by atoms with E-state index in [0.717, 1.165) is 0 Å². The molecule has 2 N–H and O–H groups in total. The lowest BCUT2D eigenvalue weighted by Crippen LogP contribution is -2.38. The Kier molecular flexibility index (Phi) is 5.08. The second-order valence-electron chi connectivity index (χ2n) is 3.44. The molecule has 0 radical (unpaired) electrons. The van der Waals surface area contributed by atoms with Crippen molar-refractivity contribution in [3.05, 3.63) is 29.8 Å². The second-order valence-corrected chi connectivity index (χ2v) is 4.50. The maximum atomic E-state index is 12.1. The third kappa shape index (κ3) is 4.33. The lowest BCUT2D eigenvalue weighted by Gasteiger charge is -2.09. The van der Waals surface area contributed by atoms with Gasteiger partial charge in [0.25, 0.3) is 11.7 Å². The van der Waals surface area contributed by atoms with Crippen LogP contribution in [0.4, 0.5) is 8.78 Å². The van der Waals surface area contributed by atoms with Gasteiger partial charge in [-0.2, -0.15) is 8.78 Å². The van der Waals surface area contributed by atoms with Gasteiger partial charge in [0, 0.05) is 10.5 Å². The van der Waals surface area contributed by atoms with Crippen LogP contribution in [0.5, 0.6) is 0 Å². The molecule has 1 aromatic carbocycles. The van der Waals surface area contributed by atoms with E-state index in [1.54, 1.807) is 0 Å². The number of carboxylic acid groups (broad SMARTS) is 1. The Morgan fingerprint density at radius 2 is 1.83 bits per heavy atom. The quantitative estimate of drug-likeness (QED) is 0.808. The van der Waals surface area contributed by atoms with E-state index in [9.17, 15) is 18.4 Å². The van der Waals surface area contributed by atoms with Crippen molar-refractivity contribution in [2.75, 3.05) is 0 Å². The molecule has 0 spiro atoms. The normalized spacial score (nSPS) is 12.2. The van der Waals surface area contributed by atoms with Gasteiger partial charge in [-0.1, -0.05) is 11.8 Å². The van der Waals surface area contributed by atoms with Crippen LogP contribution in [0.15, 0.2) is 29.2 Å². The van der Waals surface area contributed by atoms with Crippen molar-refractivity contribution < 1.29 is 23.5 Å². The van der Waals surface area contributed by atoms with Gasteiger partial charge in [0.15, 0.2) is 0 Å². The Labute approximate surface area is 106 Å². The monoisotopic (exact) mass is 275 g/mol. The lowest BCUT2D eigenvalue weighted by molar-refractivity contribution is -0.138. The average molecular weight is 275 g/mol. The third-order valence-electron chi connectivity index (χ3n) is 2.06. The first-order valence-corrected chi connectivity index (χ1v) is 5.86. The number of carbonyl (C=O) groups excluding carboxylic acids is 1. The number of hydrogen-bond acceptors (Lipinski definition) is 3. The summed E-state index contributed by atoms with van der Waals surface area (Å²) in [5.41, 5.74) is 0.224. The first kappa shape index (κ1) is 14.4. The number of aliphatic carboxylic acids is 1. The molecule has 98 valence electrons. The fraction of sp³-hybridized carbons (Fsp3) is 0.273. The van der Waals surface area contributed by atoms with Gasteiger partial charge in [-0.15, -0.1) is 0 Å². The summed E-state index contributed by atoms with van der Waals surface area (Å²) in [6.45, 7) is 1.33. The van der Waals surface area contributed by atoms with Gasteiger partial charge in [-0.3, -0.25) is 9.59 Å². The van der Waals surface area contributed by atoms with Gasteiger partial charge in [-0.05, 0) is 31.2 Å². The zero-order chi connectivity index (χ0) is 13.7. The van der Waals surface area contributed by atoms with E-state index >= 15 is 0 Å². The van der Waals surface area contributed by atoms with E-state index < -0.39 is 23.7 Å². The molecule has 1 unspecified atom stereocenters. The molecule has 4 nitrogen and oxygen atoms in total. The smallest absolute Gasteiger partial charge is 0.325 e. The standard InChI is InChI=1S/C11H11F2NO3S/c1-6(10(16)17)14-9(15)7-2-4-8(5-3-7)18-11(12)13/h2-6,11H,1H3,(H,14,15)(H,16,17). The first-order valence-electron chi connectivity index (χ1n) is 4.98. The van der Waals surface area contributed by atoms with Crippen LogP contribution in [0, 0.1) is 0 Å². The molecule has 1 amide bonds. The van der Waals surface area contributed by atoms with Crippen molar-refractivity contribution in [3.63, 3.8) is 0 Å². The summed E-state index contributed by atoms with van der Waals surface area (Å²) in [4.78, 5) is 22.4. The molecular formula is C11H11F2NO3S. The van der Waals surface area contributed by atoms with Crippen molar-refractivity contribution in [2.24, 2.45) is 0 Å². The summed E-state index contributed by atoms with van der Waals surface area (Å²) in [5, 5.41) is 10.9. The van der Waals surface area contributed by atoms with E-state index in [1.165, 1.54) is 31.2 Å². The maximum absolute atomic E-state index is 12.1.